The first kappa shape index (κ1) is 14.5. The second-order valence-corrected chi connectivity index (χ2v) is 5.79. The van der Waals surface area contributed by atoms with Gasteiger partial charge < -0.3 is 10.2 Å². The lowest BCUT2D eigenvalue weighted by Crippen LogP contribution is -2.24. The van der Waals surface area contributed by atoms with Gasteiger partial charge in [0.05, 0.1) is 5.69 Å². The van der Waals surface area contributed by atoms with E-state index in [4.69, 9.17) is 0 Å². The van der Waals surface area contributed by atoms with E-state index in [1.807, 2.05) is 6.20 Å². The first-order chi connectivity index (χ1) is 9.28. The van der Waals surface area contributed by atoms with Gasteiger partial charge in [0.25, 0.3) is 0 Å². The number of nitrogens with one attached hydrogen (secondary N) is 1. The molecule has 1 N–H and O–H groups in total. The standard InChI is InChI=1S/C16H27N3/c1-3-17-10-15-8-9-16(18-11-15)13-19(2)12-14-6-4-5-7-14/h8-9,11,14,17H,3-7,10,12-13H2,1-2H3. The monoisotopic (exact) mass is 261 g/mol. The highest BCUT2D eigenvalue weighted by atomic mass is 15.1. The molecule has 19 heavy (non-hydrogen) atoms. The molecule has 0 aromatic carbocycles. The molecule has 1 heterocycles. The fourth-order valence-electron chi connectivity index (χ4n) is 2.90. The van der Waals surface area contributed by atoms with E-state index in [0.717, 1.165) is 25.6 Å². The molecule has 106 valence electrons. The number of pyridine rings is 1. The molecule has 1 fully saturated rings. The van der Waals surface area contributed by atoms with Crippen LogP contribution in [0.1, 0.15) is 43.9 Å². The number of hydrogen-bond acceptors (Lipinski definition) is 3. The Kier molecular flexibility index (Phi) is 5.80. The van der Waals surface area contributed by atoms with Crippen molar-refractivity contribution in [3.63, 3.8) is 0 Å². The molecule has 0 amide bonds. The van der Waals surface area contributed by atoms with Crippen molar-refractivity contribution < 1.29 is 0 Å². The van der Waals surface area contributed by atoms with Gasteiger partial charge in [-0.2, -0.15) is 0 Å². The normalized spacial score (nSPS) is 16.4. The van der Waals surface area contributed by atoms with E-state index in [9.17, 15) is 0 Å². The maximum atomic E-state index is 4.56. The summed E-state index contributed by atoms with van der Waals surface area (Å²) in [5.41, 5.74) is 2.45. The van der Waals surface area contributed by atoms with Crippen molar-refractivity contribution in [3.8, 4) is 0 Å². The van der Waals surface area contributed by atoms with Crippen molar-refractivity contribution in [2.24, 2.45) is 5.92 Å². The minimum Gasteiger partial charge on any atom is -0.313 e. The van der Waals surface area contributed by atoms with Crippen LogP contribution in [-0.4, -0.2) is 30.0 Å². The zero-order chi connectivity index (χ0) is 13.5. The average Bonchev–Trinajstić information content (AvgIpc) is 2.90. The van der Waals surface area contributed by atoms with Crippen LogP contribution in [0, 0.1) is 5.92 Å². The Morgan fingerprint density at radius 2 is 2.11 bits per heavy atom. The fourth-order valence-corrected chi connectivity index (χ4v) is 2.90. The second kappa shape index (κ2) is 7.61. The Labute approximate surface area is 117 Å². The van der Waals surface area contributed by atoms with Crippen LogP contribution in [0.5, 0.6) is 0 Å². The maximum Gasteiger partial charge on any atom is 0.0544 e. The summed E-state index contributed by atoms with van der Waals surface area (Å²) in [6.45, 7) is 6.24. The average molecular weight is 261 g/mol. The van der Waals surface area contributed by atoms with E-state index in [1.165, 1.54) is 43.5 Å². The number of nitrogens with zero attached hydrogens (tertiary/aromatic N) is 2. The van der Waals surface area contributed by atoms with E-state index >= 15 is 0 Å². The minimum absolute atomic E-state index is 0.915. The molecule has 0 unspecified atom stereocenters. The van der Waals surface area contributed by atoms with Gasteiger partial charge in [-0.25, -0.2) is 0 Å². The second-order valence-electron chi connectivity index (χ2n) is 5.79. The lowest BCUT2D eigenvalue weighted by molar-refractivity contribution is 0.268. The molecule has 0 radical (unpaired) electrons. The predicted molar refractivity (Wildman–Crippen MR) is 79.9 cm³/mol. The Morgan fingerprint density at radius 1 is 1.32 bits per heavy atom. The minimum atomic E-state index is 0.915. The van der Waals surface area contributed by atoms with Crippen LogP contribution in [0.4, 0.5) is 0 Å². The lowest BCUT2D eigenvalue weighted by atomic mass is 10.1. The molecule has 1 aliphatic rings. The summed E-state index contributed by atoms with van der Waals surface area (Å²) in [6.07, 6.45) is 7.69. The molecule has 0 aliphatic heterocycles. The molecule has 1 aromatic rings. The quantitative estimate of drug-likeness (QED) is 0.818. The maximum absolute atomic E-state index is 4.56. The van der Waals surface area contributed by atoms with Crippen molar-refractivity contribution in [3.05, 3.63) is 29.6 Å². The highest BCUT2D eigenvalue weighted by Gasteiger charge is 2.16. The summed E-state index contributed by atoms with van der Waals surface area (Å²) >= 11 is 0. The number of hydrogen-bond donors (Lipinski definition) is 1. The van der Waals surface area contributed by atoms with Crippen molar-refractivity contribution >= 4 is 0 Å². The van der Waals surface area contributed by atoms with Gasteiger partial charge in [0.2, 0.25) is 0 Å². The Hall–Kier alpha value is -0.930. The van der Waals surface area contributed by atoms with Gasteiger partial charge >= 0.3 is 0 Å². The molecule has 0 atom stereocenters. The summed E-state index contributed by atoms with van der Waals surface area (Å²) in [6, 6.07) is 4.35. The van der Waals surface area contributed by atoms with Crippen LogP contribution in [-0.2, 0) is 13.1 Å². The third-order valence-electron chi connectivity index (χ3n) is 3.94. The van der Waals surface area contributed by atoms with Crippen LogP contribution in [0.3, 0.4) is 0 Å². The zero-order valence-corrected chi connectivity index (χ0v) is 12.4. The van der Waals surface area contributed by atoms with Gasteiger partial charge in [-0.05, 0) is 44.0 Å². The van der Waals surface area contributed by atoms with Gasteiger partial charge in [0.1, 0.15) is 0 Å². The van der Waals surface area contributed by atoms with Crippen molar-refractivity contribution in [1.82, 2.24) is 15.2 Å². The van der Waals surface area contributed by atoms with Gasteiger partial charge in [0.15, 0.2) is 0 Å². The van der Waals surface area contributed by atoms with Crippen LogP contribution in [0.2, 0.25) is 0 Å². The zero-order valence-electron chi connectivity index (χ0n) is 12.4. The van der Waals surface area contributed by atoms with Crippen LogP contribution in [0.25, 0.3) is 0 Å². The van der Waals surface area contributed by atoms with Gasteiger partial charge in [-0.3, -0.25) is 4.98 Å². The highest BCUT2D eigenvalue weighted by Crippen LogP contribution is 2.25. The van der Waals surface area contributed by atoms with E-state index in [0.29, 0.717) is 0 Å². The summed E-state index contributed by atoms with van der Waals surface area (Å²) in [4.78, 5) is 6.98. The summed E-state index contributed by atoms with van der Waals surface area (Å²) < 4.78 is 0. The Morgan fingerprint density at radius 3 is 2.74 bits per heavy atom. The van der Waals surface area contributed by atoms with Crippen molar-refractivity contribution in [2.45, 2.75) is 45.7 Å². The molecule has 3 nitrogen and oxygen atoms in total. The first-order valence-electron chi connectivity index (χ1n) is 7.61. The third kappa shape index (κ3) is 4.92. The van der Waals surface area contributed by atoms with Gasteiger partial charge in [-0.15, -0.1) is 0 Å². The van der Waals surface area contributed by atoms with Gasteiger partial charge in [-0.1, -0.05) is 25.8 Å². The topological polar surface area (TPSA) is 28.2 Å². The van der Waals surface area contributed by atoms with E-state index in [-0.39, 0.29) is 0 Å². The van der Waals surface area contributed by atoms with Crippen molar-refractivity contribution in [1.29, 1.82) is 0 Å². The number of aromatic nitrogens is 1. The fraction of sp³-hybridized carbons (Fsp3) is 0.688. The smallest absolute Gasteiger partial charge is 0.0544 e. The Bertz CT molecular complexity index is 355. The molecule has 0 bridgehead atoms. The molecule has 1 aliphatic carbocycles. The summed E-state index contributed by atoms with van der Waals surface area (Å²) in [5.74, 6) is 0.915. The summed E-state index contributed by atoms with van der Waals surface area (Å²) in [7, 11) is 2.21. The molecule has 0 spiro atoms. The molecule has 1 aromatic heterocycles. The SMILES string of the molecule is CCNCc1ccc(CN(C)CC2CCCC2)nc1. The molecular formula is C16H27N3. The van der Waals surface area contributed by atoms with Crippen LogP contribution in [0.15, 0.2) is 18.3 Å². The van der Waals surface area contributed by atoms with E-state index in [2.05, 4.69) is 41.3 Å². The molecular weight excluding hydrogens is 234 g/mol. The third-order valence-corrected chi connectivity index (χ3v) is 3.94. The first-order valence-corrected chi connectivity index (χ1v) is 7.61. The highest BCUT2D eigenvalue weighted by molar-refractivity contribution is 5.13. The van der Waals surface area contributed by atoms with Gasteiger partial charge in [0, 0.05) is 25.8 Å². The molecule has 2 rings (SSSR count). The lowest BCUT2D eigenvalue weighted by Gasteiger charge is -2.20. The van der Waals surface area contributed by atoms with Crippen LogP contribution >= 0.6 is 0 Å². The predicted octanol–water partition coefficient (Wildman–Crippen LogP) is 2.81. The largest absolute Gasteiger partial charge is 0.313 e. The molecule has 3 heteroatoms. The summed E-state index contributed by atoms with van der Waals surface area (Å²) in [5, 5.41) is 3.32. The molecule has 0 saturated heterocycles. The number of rotatable bonds is 7. The Balaban J connectivity index is 1.77. The van der Waals surface area contributed by atoms with E-state index < -0.39 is 0 Å². The van der Waals surface area contributed by atoms with Crippen molar-refractivity contribution in [2.75, 3.05) is 20.1 Å². The molecule has 1 saturated carbocycles. The van der Waals surface area contributed by atoms with Crippen LogP contribution < -0.4 is 5.32 Å². The van der Waals surface area contributed by atoms with E-state index in [1.54, 1.807) is 0 Å².